The van der Waals surface area contributed by atoms with Crippen LogP contribution < -0.4 is 9.80 Å². The molecule has 44 heavy (non-hydrogen) atoms. The molecule has 1 aliphatic rings. The van der Waals surface area contributed by atoms with E-state index in [1.54, 1.807) is 0 Å². The second-order valence-electron chi connectivity index (χ2n) is 10.7. The summed E-state index contributed by atoms with van der Waals surface area (Å²) in [6.07, 6.45) is 6.06. The maximum absolute atomic E-state index is 4.32. The summed E-state index contributed by atoms with van der Waals surface area (Å²) >= 11 is 0. The number of aryl methyl sites for hydroxylation is 1. The van der Waals surface area contributed by atoms with Crippen molar-refractivity contribution >= 4 is 49.5 Å². The van der Waals surface area contributed by atoms with Gasteiger partial charge >= 0.3 is 20.1 Å². The summed E-state index contributed by atoms with van der Waals surface area (Å²) in [6, 6.07) is 48.5. The summed E-state index contributed by atoms with van der Waals surface area (Å²) in [4.78, 5) is 8.62. The number of para-hydroxylation sites is 3. The van der Waals surface area contributed by atoms with Crippen LogP contribution >= 0.6 is 0 Å². The Bertz CT molecular complexity index is 2220. The Morgan fingerprint density at radius 2 is 1.41 bits per heavy atom. The van der Waals surface area contributed by atoms with Gasteiger partial charge in [-0.3, -0.25) is 0 Å². The molecule has 8 aromatic rings. The Balaban J connectivity index is 0.000000189. The van der Waals surface area contributed by atoms with E-state index in [0.29, 0.717) is 0 Å². The van der Waals surface area contributed by atoms with Gasteiger partial charge in [0.2, 0.25) is 0 Å². The molecule has 3 aromatic heterocycles. The van der Waals surface area contributed by atoms with E-state index in [4.69, 9.17) is 0 Å². The predicted octanol–water partition coefficient (Wildman–Crippen LogP) is 9.41. The number of rotatable bonds is 3. The molecule has 0 spiro atoms. The third kappa shape index (κ3) is 4.71. The first kappa shape index (κ1) is 27.8. The summed E-state index contributed by atoms with van der Waals surface area (Å²) in [5.41, 5.74) is 9.18. The van der Waals surface area contributed by atoms with E-state index in [1.807, 2.05) is 55.6 Å². The molecule has 0 fully saturated rings. The molecule has 4 heterocycles. The summed E-state index contributed by atoms with van der Waals surface area (Å²) in [6.45, 7) is 4.15. The van der Waals surface area contributed by atoms with E-state index in [-0.39, 0.29) is 20.1 Å². The zero-order valence-corrected chi connectivity index (χ0v) is 26.4. The fraction of sp³-hybridized carbons (Fsp3) is 0.0256. The van der Waals surface area contributed by atoms with Crippen LogP contribution in [0.4, 0.5) is 11.4 Å². The van der Waals surface area contributed by atoms with Crippen LogP contribution in [-0.4, -0.2) is 9.38 Å². The van der Waals surface area contributed by atoms with Crippen molar-refractivity contribution in [3.63, 3.8) is 0 Å². The van der Waals surface area contributed by atoms with Gasteiger partial charge in [-0.05, 0) is 54.2 Å². The van der Waals surface area contributed by atoms with Gasteiger partial charge in [0.15, 0.2) is 0 Å². The Morgan fingerprint density at radius 1 is 0.636 bits per heavy atom. The van der Waals surface area contributed by atoms with Crippen LogP contribution in [0.5, 0.6) is 0 Å². The van der Waals surface area contributed by atoms with Gasteiger partial charge in [0.25, 0.3) is 0 Å². The number of fused-ring (bicyclic) bond motifs is 6. The summed E-state index contributed by atoms with van der Waals surface area (Å²) < 4.78 is 2.40. The first-order valence-electron chi connectivity index (χ1n) is 14.4. The topological polar surface area (TPSA) is 23.8 Å². The average molecular weight is 744 g/mol. The van der Waals surface area contributed by atoms with Crippen molar-refractivity contribution in [1.29, 1.82) is 0 Å². The van der Waals surface area contributed by atoms with Gasteiger partial charge in [0.05, 0.1) is 5.52 Å². The minimum Gasteiger partial charge on any atom is -0.499 e. The van der Waals surface area contributed by atoms with Crippen molar-refractivity contribution in [2.45, 2.75) is 6.92 Å². The fourth-order valence-corrected chi connectivity index (χ4v) is 6.02. The van der Waals surface area contributed by atoms with E-state index in [2.05, 4.69) is 129 Å². The van der Waals surface area contributed by atoms with E-state index in [9.17, 15) is 0 Å². The van der Waals surface area contributed by atoms with Crippen molar-refractivity contribution in [1.82, 2.24) is 9.38 Å². The molecule has 0 radical (unpaired) electrons. The summed E-state index contributed by atoms with van der Waals surface area (Å²) in [5, 5.41) is 5.11. The minimum absolute atomic E-state index is 0. The molecule has 0 saturated heterocycles. The van der Waals surface area contributed by atoms with Crippen LogP contribution in [0.25, 0.3) is 49.4 Å². The van der Waals surface area contributed by atoms with E-state index in [1.165, 1.54) is 43.7 Å². The van der Waals surface area contributed by atoms with Gasteiger partial charge in [-0.15, -0.1) is 48.6 Å². The molecule has 1 aliphatic heterocycles. The van der Waals surface area contributed by atoms with Gasteiger partial charge in [-0.2, -0.15) is 12.1 Å². The Labute approximate surface area is 270 Å². The second kappa shape index (κ2) is 11.6. The number of aromatic nitrogens is 2. The molecule has 212 valence electrons. The molecule has 0 bridgehead atoms. The molecule has 0 amide bonds. The monoisotopic (exact) mass is 744 g/mol. The predicted molar refractivity (Wildman–Crippen MR) is 178 cm³/mol. The van der Waals surface area contributed by atoms with Gasteiger partial charge in [-0.1, -0.05) is 83.3 Å². The minimum atomic E-state index is 0. The van der Waals surface area contributed by atoms with Crippen molar-refractivity contribution in [3.8, 4) is 11.3 Å². The zero-order valence-electron chi connectivity index (χ0n) is 24.0. The molecule has 5 aromatic carbocycles. The Morgan fingerprint density at radius 3 is 2.23 bits per heavy atom. The molecular formula is C39H27IrN4. The summed E-state index contributed by atoms with van der Waals surface area (Å²) in [5.74, 6) is 0. The summed E-state index contributed by atoms with van der Waals surface area (Å²) in [7, 11) is 0. The standard InChI is InChI=1S/C27H17N3.C12H10N.Ir/c1-2-8-19(9-3-1)28-16-17-29(18-28)24-14-7-15-25-26(24)22-12-6-11-21-20-10-4-5-13-23(20)30(25)27(21)22;1-10-7-8-12(13-9-10)11-5-3-2-4-6-11;/h1-13,15-18H;2-5,7-9H,1H3;/q-2;-1;+3. The molecule has 0 aliphatic carbocycles. The number of hydrogen-bond donors (Lipinski definition) is 0. The molecule has 0 unspecified atom stereocenters. The number of benzene rings is 5. The molecule has 5 heteroatoms. The van der Waals surface area contributed by atoms with Crippen LogP contribution in [0.1, 0.15) is 5.56 Å². The largest absolute Gasteiger partial charge is 3.00 e. The van der Waals surface area contributed by atoms with Gasteiger partial charge in [-0.25, -0.2) is 0 Å². The third-order valence-corrected chi connectivity index (χ3v) is 8.00. The van der Waals surface area contributed by atoms with Crippen molar-refractivity contribution < 1.29 is 20.1 Å². The van der Waals surface area contributed by atoms with Crippen LogP contribution in [-0.2, 0) is 20.1 Å². The van der Waals surface area contributed by atoms with Crippen molar-refractivity contribution in [3.05, 3.63) is 164 Å². The first-order valence-corrected chi connectivity index (χ1v) is 14.4. The zero-order chi connectivity index (χ0) is 28.8. The smallest absolute Gasteiger partial charge is 0.499 e. The fourth-order valence-electron chi connectivity index (χ4n) is 6.02. The van der Waals surface area contributed by atoms with E-state index < -0.39 is 0 Å². The third-order valence-electron chi connectivity index (χ3n) is 8.00. The molecular weight excluding hydrogens is 717 g/mol. The van der Waals surface area contributed by atoms with Crippen molar-refractivity contribution in [2.75, 3.05) is 9.80 Å². The SMILES string of the molecule is Cc1ccc(-c2[c-]cccc2)nc1.[Ir+3].[c-]1ccc2c(c1N1C=CN(c3ccccc3)[CH-]1)c1cccc3c4ccccc4n2c31. The average Bonchev–Trinajstić information content (AvgIpc) is 3.79. The molecule has 0 atom stereocenters. The maximum Gasteiger partial charge on any atom is 3.00 e. The quantitative estimate of drug-likeness (QED) is 0.169. The first-order chi connectivity index (χ1) is 21.3. The normalized spacial score (nSPS) is 12.7. The van der Waals surface area contributed by atoms with Crippen LogP contribution in [0.2, 0.25) is 0 Å². The Kier molecular flexibility index (Phi) is 7.35. The van der Waals surface area contributed by atoms with Crippen molar-refractivity contribution in [2.24, 2.45) is 0 Å². The number of nitrogens with zero attached hydrogens (tertiary/aromatic N) is 4. The second-order valence-corrected chi connectivity index (χ2v) is 10.7. The van der Waals surface area contributed by atoms with Gasteiger partial charge < -0.3 is 19.2 Å². The molecule has 9 rings (SSSR count). The molecule has 0 N–H and O–H groups in total. The molecule has 0 saturated carbocycles. The van der Waals surface area contributed by atoms with Crippen LogP contribution in [0.15, 0.2) is 140 Å². The van der Waals surface area contributed by atoms with Gasteiger partial charge in [0.1, 0.15) is 0 Å². The maximum atomic E-state index is 4.32. The van der Waals surface area contributed by atoms with E-state index in [0.717, 1.165) is 22.6 Å². The number of pyridine rings is 1. The molecule has 4 nitrogen and oxygen atoms in total. The van der Waals surface area contributed by atoms with E-state index >= 15 is 0 Å². The van der Waals surface area contributed by atoms with Gasteiger partial charge in [0, 0.05) is 28.2 Å². The number of hydrogen-bond acceptors (Lipinski definition) is 3. The number of anilines is 2. The Hall–Kier alpha value is -4.96. The van der Waals surface area contributed by atoms with Crippen LogP contribution in [0.3, 0.4) is 0 Å². The van der Waals surface area contributed by atoms with Crippen LogP contribution in [0, 0.1) is 25.7 Å².